The lowest BCUT2D eigenvalue weighted by atomic mass is 9.92. The molecule has 1 aliphatic heterocycles. The number of rotatable bonds is 4. The Bertz CT molecular complexity index is 819. The van der Waals surface area contributed by atoms with Crippen LogP contribution in [0.5, 0.6) is 0 Å². The van der Waals surface area contributed by atoms with E-state index < -0.39 is 28.1 Å². The van der Waals surface area contributed by atoms with E-state index in [1.807, 2.05) is 6.92 Å². The molecule has 0 unspecified atom stereocenters. The molecule has 3 atom stereocenters. The molecule has 2 fully saturated rings. The highest BCUT2D eigenvalue weighted by atomic mass is 32.2. The second-order valence-electron chi connectivity index (χ2n) is 7.16. The molecular formula is C19H26N2O5S. The predicted molar refractivity (Wildman–Crippen MR) is 100 cm³/mol. The summed E-state index contributed by atoms with van der Waals surface area (Å²) in [6.07, 6.45) is 3.19. The number of oxime groups is 1. The quantitative estimate of drug-likeness (QED) is 0.481. The Morgan fingerprint density at radius 3 is 2.63 bits per heavy atom. The number of hydrogen-bond acceptors (Lipinski definition) is 6. The summed E-state index contributed by atoms with van der Waals surface area (Å²) in [5.74, 6) is -0.814. The van der Waals surface area contributed by atoms with Crippen molar-refractivity contribution in [3.05, 3.63) is 29.8 Å². The van der Waals surface area contributed by atoms with Gasteiger partial charge in [0.05, 0.1) is 17.2 Å². The zero-order chi connectivity index (χ0) is 19.6. The van der Waals surface area contributed by atoms with E-state index in [2.05, 4.69) is 5.16 Å². The van der Waals surface area contributed by atoms with Crippen molar-refractivity contribution in [2.24, 2.45) is 11.1 Å². The van der Waals surface area contributed by atoms with Gasteiger partial charge in [0.1, 0.15) is 6.04 Å². The van der Waals surface area contributed by atoms with Gasteiger partial charge in [-0.15, -0.1) is 0 Å². The zero-order valence-electron chi connectivity index (χ0n) is 15.7. The summed E-state index contributed by atoms with van der Waals surface area (Å²) in [7, 11) is -3.89. The van der Waals surface area contributed by atoms with Gasteiger partial charge in [-0.25, -0.2) is 8.42 Å². The van der Waals surface area contributed by atoms with E-state index in [4.69, 9.17) is 4.74 Å². The molecular weight excluding hydrogens is 368 g/mol. The topological polar surface area (TPSA) is 96.3 Å². The summed E-state index contributed by atoms with van der Waals surface area (Å²) in [5, 5.41) is 12.9. The first-order valence-electron chi connectivity index (χ1n) is 9.37. The molecule has 0 radical (unpaired) electrons. The maximum Gasteiger partial charge on any atom is 0.324 e. The van der Waals surface area contributed by atoms with Crippen LogP contribution in [0.1, 0.15) is 44.6 Å². The minimum absolute atomic E-state index is 0.162. The van der Waals surface area contributed by atoms with E-state index >= 15 is 0 Å². The molecule has 1 aliphatic carbocycles. The van der Waals surface area contributed by atoms with Crippen LogP contribution < -0.4 is 0 Å². The Balaban J connectivity index is 2.06. The number of nitrogens with zero attached hydrogens (tertiary/aromatic N) is 2. The normalized spacial score (nSPS) is 27.9. The number of fused-ring (bicyclic) bond motifs is 1. The molecule has 0 bridgehead atoms. The van der Waals surface area contributed by atoms with E-state index in [0.717, 1.165) is 18.4 Å². The van der Waals surface area contributed by atoms with Crippen molar-refractivity contribution in [1.82, 2.24) is 4.31 Å². The molecule has 1 N–H and O–H groups in total. The van der Waals surface area contributed by atoms with Gasteiger partial charge in [0.2, 0.25) is 10.0 Å². The number of hydrogen-bond donors (Lipinski definition) is 1. The summed E-state index contributed by atoms with van der Waals surface area (Å²) in [5.41, 5.74) is 1.53. The maximum absolute atomic E-state index is 13.4. The Hall–Kier alpha value is -1.93. The molecule has 1 saturated carbocycles. The number of benzene rings is 1. The van der Waals surface area contributed by atoms with Gasteiger partial charge in [-0.3, -0.25) is 4.79 Å². The van der Waals surface area contributed by atoms with E-state index in [9.17, 15) is 18.4 Å². The number of sulfonamides is 1. The fourth-order valence-corrected chi connectivity index (χ4v) is 6.02. The van der Waals surface area contributed by atoms with E-state index in [1.165, 1.54) is 4.31 Å². The van der Waals surface area contributed by atoms with E-state index in [1.54, 1.807) is 31.2 Å². The third-order valence-corrected chi connectivity index (χ3v) is 7.42. The molecule has 27 heavy (non-hydrogen) atoms. The van der Waals surface area contributed by atoms with Gasteiger partial charge in [0, 0.05) is 12.0 Å². The number of esters is 1. The van der Waals surface area contributed by atoms with Crippen molar-refractivity contribution in [3.63, 3.8) is 0 Å². The summed E-state index contributed by atoms with van der Waals surface area (Å²) < 4.78 is 33.4. The average Bonchev–Trinajstić information content (AvgIpc) is 2.92. The Labute approximate surface area is 160 Å². The monoisotopic (exact) mass is 394 g/mol. The van der Waals surface area contributed by atoms with Crippen molar-refractivity contribution < 1.29 is 23.2 Å². The molecule has 1 heterocycles. The van der Waals surface area contributed by atoms with Crippen LogP contribution in [-0.4, -0.2) is 48.3 Å². The van der Waals surface area contributed by atoms with Gasteiger partial charge >= 0.3 is 5.97 Å². The Morgan fingerprint density at radius 2 is 2.00 bits per heavy atom. The van der Waals surface area contributed by atoms with Crippen molar-refractivity contribution in [2.75, 3.05) is 6.61 Å². The predicted octanol–water partition coefficient (Wildman–Crippen LogP) is 2.71. The first-order valence-corrected chi connectivity index (χ1v) is 10.8. The molecule has 8 heteroatoms. The third kappa shape index (κ3) is 3.73. The van der Waals surface area contributed by atoms with Crippen molar-refractivity contribution >= 4 is 21.7 Å². The molecule has 2 aliphatic rings. The largest absolute Gasteiger partial charge is 0.465 e. The van der Waals surface area contributed by atoms with Crippen LogP contribution in [0.3, 0.4) is 0 Å². The van der Waals surface area contributed by atoms with Gasteiger partial charge < -0.3 is 9.94 Å². The summed E-state index contributed by atoms with van der Waals surface area (Å²) >= 11 is 0. The second-order valence-corrected chi connectivity index (χ2v) is 9.01. The number of carbonyl (C=O) groups is 1. The lowest BCUT2D eigenvalue weighted by Gasteiger charge is -2.29. The standard InChI is InChI=1S/C19H26N2O5S/c1-3-26-19(22)18-12-15-16(20-23)6-4-5-7-17(15)21(18)27(24,25)14-10-8-13(2)9-11-14/h8-11,15,17-18,23H,3-7,12H2,1-2H3/b20-16+/t15-,17+,18+/m1/s1. The summed E-state index contributed by atoms with van der Waals surface area (Å²) in [6.45, 7) is 3.77. The first-order chi connectivity index (χ1) is 12.9. The summed E-state index contributed by atoms with van der Waals surface area (Å²) in [4.78, 5) is 12.7. The maximum atomic E-state index is 13.4. The second kappa shape index (κ2) is 7.98. The van der Waals surface area contributed by atoms with Gasteiger partial charge in [0.15, 0.2) is 0 Å². The molecule has 1 saturated heterocycles. The molecule has 0 aromatic heterocycles. The van der Waals surface area contributed by atoms with Gasteiger partial charge in [-0.05, 0) is 51.7 Å². The van der Waals surface area contributed by atoms with Gasteiger partial charge in [-0.1, -0.05) is 29.3 Å². The smallest absolute Gasteiger partial charge is 0.324 e. The first kappa shape index (κ1) is 19.8. The van der Waals surface area contributed by atoms with Crippen LogP contribution >= 0.6 is 0 Å². The summed E-state index contributed by atoms with van der Waals surface area (Å²) in [6, 6.07) is 5.32. The fourth-order valence-electron chi connectivity index (χ4n) is 4.18. The molecule has 3 rings (SSSR count). The molecule has 7 nitrogen and oxygen atoms in total. The van der Waals surface area contributed by atoms with Crippen molar-refractivity contribution in [2.45, 2.75) is 62.9 Å². The third-order valence-electron chi connectivity index (χ3n) is 5.47. The number of ether oxygens (including phenoxy) is 1. The molecule has 1 aromatic carbocycles. The molecule has 0 amide bonds. The highest BCUT2D eigenvalue weighted by molar-refractivity contribution is 7.89. The van der Waals surface area contributed by atoms with Crippen LogP contribution in [0.4, 0.5) is 0 Å². The molecule has 148 valence electrons. The van der Waals surface area contributed by atoms with E-state index in [0.29, 0.717) is 18.6 Å². The minimum atomic E-state index is -3.89. The van der Waals surface area contributed by atoms with Gasteiger partial charge in [0.25, 0.3) is 0 Å². The average molecular weight is 394 g/mol. The van der Waals surface area contributed by atoms with Crippen LogP contribution in [0, 0.1) is 12.8 Å². The van der Waals surface area contributed by atoms with E-state index in [-0.39, 0.29) is 23.8 Å². The highest BCUT2D eigenvalue weighted by Crippen LogP contribution is 2.41. The lowest BCUT2D eigenvalue weighted by molar-refractivity contribution is -0.147. The van der Waals surface area contributed by atoms with Crippen molar-refractivity contribution in [1.29, 1.82) is 0 Å². The fraction of sp³-hybridized carbons (Fsp3) is 0.579. The SMILES string of the molecule is CCOC(=O)[C@@H]1C[C@@H]2/C(=N/O)CCCC[C@@H]2N1S(=O)(=O)c1ccc(C)cc1. The lowest BCUT2D eigenvalue weighted by Crippen LogP contribution is -2.46. The number of carbonyl (C=O) groups excluding carboxylic acids is 1. The Morgan fingerprint density at radius 1 is 1.30 bits per heavy atom. The molecule has 1 aromatic rings. The zero-order valence-corrected chi connectivity index (χ0v) is 16.5. The molecule has 0 spiro atoms. The van der Waals surface area contributed by atoms with Crippen LogP contribution in [-0.2, 0) is 19.6 Å². The van der Waals surface area contributed by atoms with Crippen LogP contribution in [0.15, 0.2) is 34.3 Å². The van der Waals surface area contributed by atoms with Gasteiger partial charge in [-0.2, -0.15) is 4.31 Å². The minimum Gasteiger partial charge on any atom is -0.465 e. The number of aryl methyl sites for hydroxylation is 1. The Kier molecular flexibility index (Phi) is 5.86. The van der Waals surface area contributed by atoms with Crippen LogP contribution in [0.2, 0.25) is 0 Å². The highest BCUT2D eigenvalue weighted by Gasteiger charge is 2.53. The van der Waals surface area contributed by atoms with Crippen molar-refractivity contribution in [3.8, 4) is 0 Å². The van der Waals surface area contributed by atoms with Crippen LogP contribution in [0.25, 0.3) is 0 Å².